The number of hydrogen-bond donors (Lipinski definition) is 0. The van der Waals surface area contributed by atoms with Gasteiger partial charge in [-0.3, -0.25) is 4.79 Å². The summed E-state index contributed by atoms with van der Waals surface area (Å²) in [4.78, 5) is 11.3. The van der Waals surface area contributed by atoms with Crippen LogP contribution in [0, 0.1) is 0 Å². The number of hydrogen-bond acceptors (Lipinski definition) is 1. The van der Waals surface area contributed by atoms with Crippen molar-refractivity contribution in [2.45, 2.75) is 13.3 Å². The summed E-state index contributed by atoms with van der Waals surface area (Å²) in [6.07, 6.45) is 2.34. The van der Waals surface area contributed by atoms with Gasteiger partial charge in [0.2, 0.25) is 0 Å². The van der Waals surface area contributed by atoms with Gasteiger partial charge in [-0.1, -0.05) is 42.8 Å². The lowest BCUT2D eigenvalue weighted by Gasteiger charge is -1.97. The van der Waals surface area contributed by atoms with Crippen molar-refractivity contribution in [1.82, 2.24) is 0 Å². The van der Waals surface area contributed by atoms with Gasteiger partial charge >= 0.3 is 0 Å². The fourth-order valence-electron chi connectivity index (χ4n) is 1.06. The summed E-state index contributed by atoms with van der Waals surface area (Å²) in [6, 6.07) is 7.54. The first kappa shape index (κ1) is 10.0. The van der Waals surface area contributed by atoms with Gasteiger partial charge in [-0.15, -0.1) is 0 Å². The Hall–Kier alpha value is -1.08. The van der Waals surface area contributed by atoms with E-state index in [2.05, 4.69) is 6.92 Å². The second-order valence-corrected chi connectivity index (χ2v) is 2.96. The summed E-state index contributed by atoms with van der Waals surface area (Å²) in [5, 5.41) is 0. The Kier molecular flexibility index (Phi) is 3.71. The maximum Gasteiger partial charge on any atom is 0.186 e. The molecule has 0 saturated heterocycles. The Morgan fingerprint density at radius 2 is 2.00 bits per heavy atom. The molecule has 0 fully saturated rings. The zero-order valence-corrected chi connectivity index (χ0v) is 8.21. The van der Waals surface area contributed by atoms with Crippen LogP contribution in [0.4, 0.5) is 0 Å². The third kappa shape index (κ3) is 2.71. The van der Waals surface area contributed by atoms with E-state index in [1.807, 2.05) is 24.3 Å². The lowest BCUT2D eigenvalue weighted by Crippen LogP contribution is -1.93. The second kappa shape index (κ2) is 4.83. The highest BCUT2D eigenvalue weighted by atomic mass is 35.5. The maximum absolute atomic E-state index is 11.3. The van der Waals surface area contributed by atoms with Crippen LogP contribution in [0.1, 0.15) is 22.8 Å². The van der Waals surface area contributed by atoms with Gasteiger partial charge in [0, 0.05) is 11.1 Å². The Morgan fingerprint density at radius 1 is 1.38 bits per heavy atom. The summed E-state index contributed by atoms with van der Waals surface area (Å²) >= 11 is 5.30. The van der Waals surface area contributed by atoms with Crippen LogP contribution >= 0.6 is 11.6 Å². The van der Waals surface area contributed by atoms with Gasteiger partial charge in [-0.2, -0.15) is 0 Å². The summed E-state index contributed by atoms with van der Waals surface area (Å²) in [7, 11) is 0. The third-order valence-corrected chi connectivity index (χ3v) is 1.99. The number of rotatable bonds is 3. The fraction of sp³-hybridized carbons (Fsp3) is 0.182. The Morgan fingerprint density at radius 3 is 2.46 bits per heavy atom. The Bertz CT molecular complexity index is 311. The molecule has 1 aromatic rings. The van der Waals surface area contributed by atoms with Gasteiger partial charge in [0.15, 0.2) is 5.78 Å². The molecule has 68 valence electrons. The van der Waals surface area contributed by atoms with E-state index in [0.29, 0.717) is 5.56 Å². The summed E-state index contributed by atoms with van der Waals surface area (Å²) in [5.74, 6) is -0.0577. The Labute approximate surface area is 83.0 Å². The van der Waals surface area contributed by atoms with E-state index >= 15 is 0 Å². The monoisotopic (exact) mass is 194 g/mol. The molecule has 0 aliphatic heterocycles. The van der Waals surface area contributed by atoms with Crippen LogP contribution in [-0.4, -0.2) is 5.78 Å². The molecule has 0 radical (unpaired) electrons. The first-order valence-electron chi connectivity index (χ1n) is 4.18. The molecule has 0 N–H and O–H groups in total. The molecule has 13 heavy (non-hydrogen) atoms. The molecule has 0 unspecified atom stereocenters. The average molecular weight is 195 g/mol. The fourth-order valence-corrected chi connectivity index (χ4v) is 1.17. The maximum atomic E-state index is 11.3. The van der Waals surface area contributed by atoms with Gasteiger partial charge in [0.25, 0.3) is 0 Å². The quantitative estimate of drug-likeness (QED) is 0.534. The van der Waals surface area contributed by atoms with Gasteiger partial charge in [-0.25, -0.2) is 0 Å². The third-order valence-electron chi connectivity index (χ3n) is 1.86. The number of ketones is 1. The number of aryl methyl sites for hydroxylation is 1. The summed E-state index contributed by atoms with van der Waals surface area (Å²) in [5.41, 5.74) is 3.14. The average Bonchev–Trinajstić information content (AvgIpc) is 2.18. The molecular formula is C11H11ClO. The van der Waals surface area contributed by atoms with Crippen LogP contribution in [0.3, 0.4) is 0 Å². The molecule has 0 aliphatic rings. The zero-order chi connectivity index (χ0) is 9.68. The Balaban J connectivity index is 2.85. The van der Waals surface area contributed by atoms with Crippen molar-refractivity contribution in [1.29, 1.82) is 0 Å². The van der Waals surface area contributed by atoms with Crippen LogP contribution in [0.15, 0.2) is 35.9 Å². The van der Waals surface area contributed by atoms with E-state index in [4.69, 9.17) is 11.6 Å². The second-order valence-electron chi connectivity index (χ2n) is 2.71. The minimum Gasteiger partial charge on any atom is -0.289 e. The van der Waals surface area contributed by atoms with Crippen molar-refractivity contribution in [2.75, 3.05) is 0 Å². The van der Waals surface area contributed by atoms with Crippen LogP contribution in [0.2, 0.25) is 0 Å². The minimum atomic E-state index is -0.0577. The number of carbonyl (C=O) groups excluding carboxylic acids is 1. The highest BCUT2D eigenvalue weighted by Gasteiger charge is 1.99. The first-order chi connectivity index (χ1) is 6.27. The minimum absolute atomic E-state index is 0.0577. The van der Waals surface area contributed by atoms with Gasteiger partial charge in [0.05, 0.1) is 0 Å². The van der Waals surface area contributed by atoms with E-state index in [9.17, 15) is 4.79 Å². The van der Waals surface area contributed by atoms with Crippen LogP contribution < -0.4 is 0 Å². The number of carbonyl (C=O) groups is 1. The molecule has 0 spiro atoms. The van der Waals surface area contributed by atoms with Gasteiger partial charge in [0.1, 0.15) is 0 Å². The van der Waals surface area contributed by atoms with E-state index in [0.717, 1.165) is 6.42 Å². The first-order valence-corrected chi connectivity index (χ1v) is 4.61. The zero-order valence-electron chi connectivity index (χ0n) is 7.46. The topological polar surface area (TPSA) is 17.1 Å². The molecule has 0 atom stereocenters. The number of benzene rings is 1. The molecular weight excluding hydrogens is 184 g/mol. The molecule has 0 amide bonds. The van der Waals surface area contributed by atoms with E-state index in [1.54, 1.807) is 0 Å². The van der Waals surface area contributed by atoms with Crippen molar-refractivity contribution < 1.29 is 4.79 Å². The normalized spacial score (nSPS) is 10.6. The van der Waals surface area contributed by atoms with Gasteiger partial charge < -0.3 is 0 Å². The molecule has 1 nitrogen and oxygen atoms in total. The van der Waals surface area contributed by atoms with E-state index in [1.165, 1.54) is 17.2 Å². The van der Waals surface area contributed by atoms with Crippen molar-refractivity contribution >= 4 is 17.4 Å². The summed E-state index contributed by atoms with van der Waals surface area (Å²) < 4.78 is 0. The van der Waals surface area contributed by atoms with Crippen LogP contribution in [-0.2, 0) is 6.42 Å². The molecule has 2 heteroatoms. The van der Waals surface area contributed by atoms with Crippen molar-refractivity contribution in [3.8, 4) is 0 Å². The van der Waals surface area contributed by atoms with Crippen LogP contribution in [0.5, 0.6) is 0 Å². The standard InChI is InChI=1S/C11H11ClO/c1-2-9-3-5-10(6-4-9)11(13)7-8-12/h3-8H,2H2,1H3/b8-7+. The van der Waals surface area contributed by atoms with E-state index < -0.39 is 0 Å². The highest BCUT2D eigenvalue weighted by Crippen LogP contribution is 2.06. The molecule has 0 aliphatic carbocycles. The van der Waals surface area contributed by atoms with Crippen molar-refractivity contribution in [3.63, 3.8) is 0 Å². The highest BCUT2D eigenvalue weighted by molar-refractivity contribution is 6.27. The molecule has 0 heterocycles. The molecule has 0 aromatic heterocycles. The molecule has 0 bridgehead atoms. The van der Waals surface area contributed by atoms with Gasteiger partial charge in [-0.05, 0) is 18.1 Å². The van der Waals surface area contributed by atoms with Crippen LogP contribution in [0.25, 0.3) is 0 Å². The van der Waals surface area contributed by atoms with E-state index in [-0.39, 0.29) is 5.78 Å². The summed E-state index contributed by atoms with van der Waals surface area (Å²) in [6.45, 7) is 2.08. The van der Waals surface area contributed by atoms with Crippen molar-refractivity contribution in [2.24, 2.45) is 0 Å². The predicted octanol–water partition coefficient (Wildman–Crippen LogP) is 3.18. The predicted molar refractivity (Wildman–Crippen MR) is 55.1 cm³/mol. The number of halogens is 1. The smallest absolute Gasteiger partial charge is 0.186 e. The molecule has 1 rings (SSSR count). The van der Waals surface area contributed by atoms with Crippen molar-refractivity contribution in [3.05, 3.63) is 47.0 Å². The largest absolute Gasteiger partial charge is 0.289 e. The molecule has 1 aromatic carbocycles. The molecule has 0 saturated carbocycles. The lowest BCUT2D eigenvalue weighted by molar-refractivity contribution is 0.104. The lowest BCUT2D eigenvalue weighted by atomic mass is 10.1. The number of allylic oxidation sites excluding steroid dienone is 1. The SMILES string of the molecule is CCc1ccc(C(=O)/C=C/Cl)cc1.